The van der Waals surface area contributed by atoms with Crippen LogP contribution in [0.3, 0.4) is 0 Å². The summed E-state index contributed by atoms with van der Waals surface area (Å²) >= 11 is 0. The van der Waals surface area contributed by atoms with Gasteiger partial charge in [0.2, 0.25) is 0 Å². The van der Waals surface area contributed by atoms with Gasteiger partial charge >= 0.3 is 0 Å². The molecule has 1 N–H and O–H groups in total. The van der Waals surface area contributed by atoms with Gasteiger partial charge in [0.15, 0.2) is 0 Å². The lowest BCUT2D eigenvalue weighted by atomic mass is 10.0. The molecule has 1 saturated carbocycles. The highest BCUT2D eigenvalue weighted by molar-refractivity contribution is 6.08. The molecule has 0 spiro atoms. The third kappa shape index (κ3) is 1.66. The Kier molecular flexibility index (Phi) is 2.52. The summed E-state index contributed by atoms with van der Waals surface area (Å²) in [6.07, 6.45) is 3.64. The first-order valence-corrected chi connectivity index (χ1v) is 6.43. The summed E-state index contributed by atoms with van der Waals surface area (Å²) in [6.45, 7) is 4.37. The summed E-state index contributed by atoms with van der Waals surface area (Å²) in [5.74, 6) is -0.0316. The van der Waals surface area contributed by atoms with Crippen molar-refractivity contribution in [3.05, 3.63) is 42.0 Å². The molecule has 1 aromatic rings. The van der Waals surface area contributed by atoms with Crippen molar-refractivity contribution in [2.24, 2.45) is 0 Å². The Hall–Kier alpha value is -1.61. The van der Waals surface area contributed by atoms with E-state index in [1.54, 1.807) is 4.90 Å². The first-order valence-electron chi connectivity index (χ1n) is 6.43. The molecule has 1 heterocycles. The van der Waals surface area contributed by atoms with E-state index in [9.17, 15) is 9.90 Å². The van der Waals surface area contributed by atoms with Crippen LogP contribution >= 0.6 is 0 Å². The Morgan fingerprint density at radius 3 is 2.44 bits per heavy atom. The number of benzene rings is 1. The fourth-order valence-corrected chi connectivity index (χ4v) is 2.99. The van der Waals surface area contributed by atoms with Crippen LogP contribution in [-0.4, -0.2) is 28.1 Å². The van der Waals surface area contributed by atoms with Crippen LogP contribution in [0.2, 0.25) is 0 Å². The quantitative estimate of drug-likeness (QED) is 0.866. The number of nitrogens with zero attached hydrogens (tertiary/aromatic N) is 1. The topological polar surface area (TPSA) is 40.5 Å². The largest absolute Gasteiger partial charge is 0.388 e. The molecular weight excluding hydrogens is 226 g/mol. The number of hydrogen-bond donors (Lipinski definition) is 1. The van der Waals surface area contributed by atoms with Gasteiger partial charge < -0.3 is 10.0 Å². The lowest BCUT2D eigenvalue weighted by molar-refractivity contribution is 0.0235. The molecule has 1 fully saturated rings. The molecule has 2 aliphatic rings. The standard InChI is InChI=1S/C15H17NO2/c1-11-12-6-2-3-7-13(12)14(17)16(11)10-15(18)8-4-5-9-15/h2-3,6-7,18H,1,4-5,8-10H2. The third-order valence-corrected chi connectivity index (χ3v) is 4.03. The second kappa shape index (κ2) is 3.95. The predicted octanol–water partition coefficient (Wildman–Crippen LogP) is 2.42. The maximum Gasteiger partial charge on any atom is 0.259 e. The van der Waals surface area contributed by atoms with Crippen molar-refractivity contribution in [2.45, 2.75) is 31.3 Å². The molecule has 0 aromatic heterocycles. The molecule has 3 nitrogen and oxygen atoms in total. The molecule has 94 valence electrons. The van der Waals surface area contributed by atoms with Crippen molar-refractivity contribution in [1.82, 2.24) is 4.90 Å². The highest BCUT2D eigenvalue weighted by atomic mass is 16.3. The summed E-state index contributed by atoms with van der Waals surface area (Å²) in [7, 11) is 0. The van der Waals surface area contributed by atoms with E-state index in [2.05, 4.69) is 6.58 Å². The minimum Gasteiger partial charge on any atom is -0.388 e. The molecule has 0 bridgehead atoms. The Morgan fingerprint density at radius 2 is 1.83 bits per heavy atom. The average molecular weight is 243 g/mol. The van der Waals surface area contributed by atoms with Crippen molar-refractivity contribution in [3.63, 3.8) is 0 Å². The van der Waals surface area contributed by atoms with Crippen molar-refractivity contribution in [1.29, 1.82) is 0 Å². The first kappa shape index (κ1) is 11.5. The number of fused-ring (bicyclic) bond motifs is 1. The lowest BCUT2D eigenvalue weighted by Crippen LogP contribution is -2.40. The molecule has 1 aliphatic carbocycles. The van der Waals surface area contributed by atoms with E-state index >= 15 is 0 Å². The first-order chi connectivity index (χ1) is 8.61. The fraction of sp³-hybridized carbons (Fsp3) is 0.400. The van der Waals surface area contributed by atoms with E-state index in [1.807, 2.05) is 24.3 Å². The van der Waals surface area contributed by atoms with E-state index in [1.165, 1.54) is 0 Å². The van der Waals surface area contributed by atoms with Gasteiger partial charge in [-0.1, -0.05) is 37.6 Å². The second-order valence-electron chi connectivity index (χ2n) is 5.32. The highest BCUT2D eigenvalue weighted by Crippen LogP contribution is 2.36. The van der Waals surface area contributed by atoms with Crippen molar-refractivity contribution >= 4 is 11.6 Å². The van der Waals surface area contributed by atoms with Gasteiger partial charge in [0.25, 0.3) is 5.91 Å². The van der Waals surface area contributed by atoms with Gasteiger partial charge in [0, 0.05) is 16.8 Å². The van der Waals surface area contributed by atoms with E-state index < -0.39 is 5.60 Å². The SMILES string of the molecule is C=C1c2ccccc2C(=O)N1CC1(O)CCCC1. The minimum absolute atomic E-state index is 0.0316. The van der Waals surface area contributed by atoms with Crippen LogP contribution in [0.15, 0.2) is 30.8 Å². The minimum atomic E-state index is -0.722. The maximum atomic E-state index is 12.3. The Labute approximate surface area is 107 Å². The molecule has 18 heavy (non-hydrogen) atoms. The zero-order valence-corrected chi connectivity index (χ0v) is 10.4. The third-order valence-electron chi connectivity index (χ3n) is 4.03. The number of β-amino-alcohol motifs (C(OH)–C–C–N with tert-alkyl or cyclic N) is 1. The summed E-state index contributed by atoms with van der Waals surface area (Å²) < 4.78 is 0. The molecule has 0 radical (unpaired) electrons. The monoisotopic (exact) mass is 243 g/mol. The van der Waals surface area contributed by atoms with Gasteiger partial charge in [0.1, 0.15) is 0 Å². The number of amides is 1. The Balaban J connectivity index is 1.88. The number of rotatable bonds is 2. The number of carbonyl (C=O) groups excluding carboxylic acids is 1. The summed E-state index contributed by atoms with van der Waals surface area (Å²) in [5.41, 5.74) is 1.59. The Bertz CT molecular complexity index is 480. The van der Waals surface area contributed by atoms with Crippen molar-refractivity contribution in [2.75, 3.05) is 6.54 Å². The van der Waals surface area contributed by atoms with Crippen LogP contribution < -0.4 is 0 Å². The zero-order valence-electron chi connectivity index (χ0n) is 10.4. The van der Waals surface area contributed by atoms with Gasteiger partial charge in [-0.15, -0.1) is 0 Å². The predicted molar refractivity (Wildman–Crippen MR) is 69.9 cm³/mol. The van der Waals surface area contributed by atoms with Crippen molar-refractivity contribution < 1.29 is 9.90 Å². The van der Waals surface area contributed by atoms with Gasteiger partial charge in [-0.2, -0.15) is 0 Å². The Morgan fingerprint density at radius 1 is 1.22 bits per heavy atom. The van der Waals surface area contributed by atoms with Gasteiger partial charge in [-0.25, -0.2) is 0 Å². The fourth-order valence-electron chi connectivity index (χ4n) is 2.99. The summed E-state index contributed by atoms with van der Waals surface area (Å²) in [4.78, 5) is 13.9. The summed E-state index contributed by atoms with van der Waals surface area (Å²) in [5, 5.41) is 10.4. The van der Waals surface area contributed by atoms with Crippen LogP contribution in [0.1, 0.15) is 41.6 Å². The second-order valence-corrected chi connectivity index (χ2v) is 5.32. The average Bonchev–Trinajstić information content (AvgIpc) is 2.89. The maximum absolute atomic E-state index is 12.3. The van der Waals surface area contributed by atoms with Crippen LogP contribution in [0.5, 0.6) is 0 Å². The zero-order chi connectivity index (χ0) is 12.8. The van der Waals surface area contributed by atoms with E-state index in [0.29, 0.717) is 12.1 Å². The molecular formula is C15H17NO2. The molecule has 1 amide bonds. The number of carbonyl (C=O) groups is 1. The smallest absolute Gasteiger partial charge is 0.259 e. The molecule has 3 heteroatoms. The molecule has 0 saturated heterocycles. The van der Waals surface area contributed by atoms with Crippen LogP contribution in [0.4, 0.5) is 0 Å². The molecule has 1 aliphatic heterocycles. The van der Waals surface area contributed by atoms with Crippen LogP contribution in [0, 0.1) is 0 Å². The normalized spacial score (nSPS) is 21.5. The van der Waals surface area contributed by atoms with E-state index in [0.717, 1.165) is 36.9 Å². The van der Waals surface area contributed by atoms with E-state index in [4.69, 9.17) is 0 Å². The molecule has 0 unspecified atom stereocenters. The summed E-state index contributed by atoms with van der Waals surface area (Å²) in [6, 6.07) is 7.50. The number of aliphatic hydroxyl groups is 1. The number of hydrogen-bond acceptors (Lipinski definition) is 2. The molecule has 0 atom stereocenters. The molecule has 1 aromatic carbocycles. The van der Waals surface area contributed by atoms with Crippen LogP contribution in [0.25, 0.3) is 5.70 Å². The van der Waals surface area contributed by atoms with Gasteiger partial charge in [0.05, 0.1) is 12.1 Å². The highest BCUT2D eigenvalue weighted by Gasteiger charge is 2.39. The van der Waals surface area contributed by atoms with Crippen LogP contribution in [-0.2, 0) is 0 Å². The molecule has 3 rings (SSSR count). The lowest BCUT2D eigenvalue weighted by Gasteiger charge is -2.29. The van der Waals surface area contributed by atoms with Gasteiger partial charge in [-0.05, 0) is 18.9 Å². The van der Waals surface area contributed by atoms with Gasteiger partial charge in [-0.3, -0.25) is 4.79 Å². The van der Waals surface area contributed by atoms with Crippen molar-refractivity contribution in [3.8, 4) is 0 Å². The van der Waals surface area contributed by atoms with E-state index in [-0.39, 0.29) is 5.91 Å².